The lowest BCUT2D eigenvalue weighted by Gasteiger charge is -2.34. The lowest BCUT2D eigenvalue weighted by atomic mass is 10.0. The van der Waals surface area contributed by atoms with Crippen molar-refractivity contribution in [3.63, 3.8) is 0 Å². The zero-order valence-electron chi connectivity index (χ0n) is 20.4. The Balaban J connectivity index is 1.47. The van der Waals surface area contributed by atoms with E-state index in [1.807, 2.05) is 27.7 Å². The molecule has 1 aromatic heterocycles. The van der Waals surface area contributed by atoms with Gasteiger partial charge in [-0.25, -0.2) is 13.4 Å². The highest BCUT2D eigenvalue weighted by molar-refractivity contribution is 7.89. The van der Waals surface area contributed by atoms with Crippen molar-refractivity contribution in [1.29, 1.82) is 0 Å². The van der Waals surface area contributed by atoms with Crippen LogP contribution in [-0.4, -0.2) is 43.9 Å². The quantitative estimate of drug-likeness (QED) is 0.507. The summed E-state index contributed by atoms with van der Waals surface area (Å²) in [4.78, 5) is 7.57. The fourth-order valence-corrected chi connectivity index (χ4v) is 7.40. The number of hydrogen-bond donors (Lipinski definition) is 0. The summed E-state index contributed by atoms with van der Waals surface area (Å²) < 4.78 is 28.7. The van der Waals surface area contributed by atoms with E-state index in [1.165, 1.54) is 16.7 Å². The molecule has 7 heteroatoms. The van der Waals surface area contributed by atoms with Crippen molar-refractivity contribution in [1.82, 2.24) is 9.29 Å². The molecule has 0 amide bonds. The van der Waals surface area contributed by atoms with E-state index < -0.39 is 10.0 Å². The van der Waals surface area contributed by atoms with Crippen molar-refractivity contribution in [2.75, 3.05) is 31.1 Å². The minimum Gasteiger partial charge on any atom is -0.345 e. The fraction of sp³-hybridized carbons (Fsp3) is 0.423. The molecule has 0 aliphatic carbocycles. The molecular weight excluding hydrogens is 450 g/mol. The number of benzene rings is 2. The molecule has 0 atom stereocenters. The Labute approximate surface area is 202 Å². The maximum atomic E-state index is 13.5. The Morgan fingerprint density at radius 2 is 1.52 bits per heavy atom. The van der Waals surface area contributed by atoms with Gasteiger partial charge in [-0.2, -0.15) is 4.31 Å². The maximum Gasteiger partial charge on any atom is 0.243 e. The van der Waals surface area contributed by atoms with Crippen LogP contribution in [0, 0.1) is 41.5 Å². The minimum absolute atomic E-state index is 0.472. The molecule has 5 nitrogen and oxygen atoms in total. The predicted octanol–water partition coefficient (Wildman–Crippen LogP) is 5.10. The van der Waals surface area contributed by atoms with Crippen molar-refractivity contribution < 1.29 is 8.42 Å². The molecule has 2 heterocycles. The van der Waals surface area contributed by atoms with E-state index in [0.29, 0.717) is 31.1 Å². The second-order valence-electron chi connectivity index (χ2n) is 9.21. The van der Waals surface area contributed by atoms with Crippen molar-refractivity contribution >= 4 is 26.5 Å². The maximum absolute atomic E-state index is 13.5. The number of rotatable bonds is 5. The van der Waals surface area contributed by atoms with Crippen LogP contribution in [0.2, 0.25) is 0 Å². The molecule has 3 aromatic rings. The van der Waals surface area contributed by atoms with Crippen LogP contribution in [0.4, 0.5) is 5.13 Å². The van der Waals surface area contributed by atoms with Gasteiger partial charge in [0, 0.05) is 38.0 Å². The van der Waals surface area contributed by atoms with Gasteiger partial charge in [0.25, 0.3) is 0 Å². The number of anilines is 1. The number of nitrogens with zero attached hydrogens (tertiary/aromatic N) is 3. The Hall–Kier alpha value is -2.22. The fourth-order valence-electron chi connectivity index (χ4n) is 4.53. The zero-order valence-corrected chi connectivity index (χ0v) is 22.0. The van der Waals surface area contributed by atoms with Crippen LogP contribution in [0.5, 0.6) is 0 Å². The zero-order chi connectivity index (χ0) is 23.9. The van der Waals surface area contributed by atoms with Gasteiger partial charge in [-0.1, -0.05) is 29.8 Å². The average Bonchev–Trinajstić information content (AvgIpc) is 3.23. The van der Waals surface area contributed by atoms with Crippen LogP contribution in [0.25, 0.3) is 0 Å². The molecule has 1 fully saturated rings. The minimum atomic E-state index is -3.53. The first kappa shape index (κ1) is 23.9. The first-order valence-electron chi connectivity index (χ1n) is 11.4. The van der Waals surface area contributed by atoms with Gasteiger partial charge in [0.2, 0.25) is 10.0 Å². The molecule has 0 N–H and O–H groups in total. The lowest BCUT2D eigenvalue weighted by molar-refractivity contribution is 0.384. The van der Waals surface area contributed by atoms with E-state index in [9.17, 15) is 8.42 Å². The number of aryl methyl sites for hydroxylation is 4. The standard InChI is InChI=1S/C26H33N3O2S2/c1-17-7-8-18(2)23(13-17)15-24-16-32-26(27-24)28-9-11-29(12-10-28)33(30,31)25-21(5)19(3)14-20(4)22(25)6/h7-8,13-14,16H,9-12,15H2,1-6H3. The third-order valence-corrected chi connectivity index (χ3v) is 9.94. The summed E-state index contributed by atoms with van der Waals surface area (Å²) in [5, 5.41) is 3.11. The number of thiazole rings is 1. The highest BCUT2D eigenvalue weighted by Crippen LogP contribution is 2.30. The van der Waals surface area contributed by atoms with Crippen LogP contribution in [0.1, 0.15) is 44.6 Å². The van der Waals surface area contributed by atoms with Gasteiger partial charge >= 0.3 is 0 Å². The van der Waals surface area contributed by atoms with Crippen LogP contribution >= 0.6 is 11.3 Å². The highest BCUT2D eigenvalue weighted by Gasteiger charge is 2.32. The normalized spacial score (nSPS) is 15.3. The summed E-state index contributed by atoms with van der Waals surface area (Å²) in [5.74, 6) is 0. The largest absolute Gasteiger partial charge is 0.345 e. The van der Waals surface area contributed by atoms with E-state index in [-0.39, 0.29) is 0 Å². The summed E-state index contributed by atoms with van der Waals surface area (Å²) in [7, 11) is -3.53. The first-order valence-corrected chi connectivity index (χ1v) is 13.7. The van der Waals surface area contributed by atoms with Gasteiger partial charge in [-0.3, -0.25) is 0 Å². The Kier molecular flexibility index (Phi) is 6.67. The molecule has 1 aliphatic heterocycles. The van der Waals surface area contributed by atoms with Gasteiger partial charge in [0.1, 0.15) is 0 Å². The monoisotopic (exact) mass is 483 g/mol. The molecule has 2 aromatic carbocycles. The highest BCUT2D eigenvalue weighted by atomic mass is 32.2. The molecule has 176 valence electrons. The van der Waals surface area contributed by atoms with Crippen molar-refractivity contribution in [2.24, 2.45) is 0 Å². The molecular formula is C26H33N3O2S2. The molecule has 0 bridgehead atoms. The summed E-state index contributed by atoms with van der Waals surface area (Å²) in [6.45, 7) is 14.3. The topological polar surface area (TPSA) is 53.5 Å². The Bertz CT molecular complexity index is 1260. The summed E-state index contributed by atoms with van der Waals surface area (Å²) in [5.41, 5.74) is 8.68. The van der Waals surface area contributed by atoms with Gasteiger partial charge in [-0.15, -0.1) is 11.3 Å². The molecule has 0 spiro atoms. The number of hydrogen-bond acceptors (Lipinski definition) is 5. The summed E-state index contributed by atoms with van der Waals surface area (Å²) in [6.07, 6.45) is 0.823. The molecule has 0 unspecified atom stereocenters. The lowest BCUT2D eigenvalue weighted by Crippen LogP contribution is -2.49. The molecule has 0 saturated carbocycles. The van der Waals surface area contributed by atoms with Crippen molar-refractivity contribution in [2.45, 2.75) is 52.9 Å². The molecule has 1 aliphatic rings. The number of piperazine rings is 1. The van der Waals surface area contributed by atoms with E-state index in [0.717, 1.165) is 39.5 Å². The third kappa shape index (κ3) is 4.72. The summed E-state index contributed by atoms with van der Waals surface area (Å²) in [6, 6.07) is 8.60. The van der Waals surface area contributed by atoms with E-state index in [2.05, 4.69) is 48.4 Å². The average molecular weight is 484 g/mol. The van der Waals surface area contributed by atoms with Crippen LogP contribution in [0.15, 0.2) is 34.5 Å². The van der Waals surface area contributed by atoms with Crippen LogP contribution < -0.4 is 4.90 Å². The predicted molar refractivity (Wildman–Crippen MR) is 137 cm³/mol. The van der Waals surface area contributed by atoms with Gasteiger partial charge < -0.3 is 4.90 Å². The van der Waals surface area contributed by atoms with Gasteiger partial charge in [0.05, 0.1) is 10.6 Å². The second kappa shape index (κ2) is 9.20. The first-order chi connectivity index (χ1) is 15.6. The molecule has 33 heavy (non-hydrogen) atoms. The van der Waals surface area contributed by atoms with Crippen molar-refractivity contribution in [3.05, 3.63) is 74.3 Å². The van der Waals surface area contributed by atoms with Crippen molar-refractivity contribution in [3.8, 4) is 0 Å². The Morgan fingerprint density at radius 1 is 0.879 bits per heavy atom. The molecule has 0 radical (unpaired) electrons. The van der Waals surface area contributed by atoms with Gasteiger partial charge in [-0.05, 0) is 74.9 Å². The number of aromatic nitrogens is 1. The smallest absolute Gasteiger partial charge is 0.243 e. The SMILES string of the molecule is Cc1ccc(C)c(Cc2csc(N3CCN(S(=O)(=O)c4c(C)c(C)cc(C)c4C)CC3)n2)c1. The van der Waals surface area contributed by atoms with E-state index in [1.54, 1.807) is 15.6 Å². The second-order valence-corrected chi connectivity index (χ2v) is 11.9. The van der Waals surface area contributed by atoms with E-state index in [4.69, 9.17) is 4.98 Å². The van der Waals surface area contributed by atoms with E-state index >= 15 is 0 Å². The molecule has 4 rings (SSSR count). The molecule has 1 saturated heterocycles. The van der Waals surface area contributed by atoms with Crippen LogP contribution in [0.3, 0.4) is 0 Å². The summed E-state index contributed by atoms with van der Waals surface area (Å²) >= 11 is 1.65. The third-order valence-electron chi connectivity index (χ3n) is 6.82. The van der Waals surface area contributed by atoms with Crippen LogP contribution in [-0.2, 0) is 16.4 Å². The number of sulfonamides is 1. The Morgan fingerprint density at radius 3 is 2.15 bits per heavy atom. The van der Waals surface area contributed by atoms with Gasteiger partial charge in [0.15, 0.2) is 5.13 Å².